The smallest absolute Gasteiger partial charge is 0.144 e. The Hall–Kier alpha value is -1.38. The van der Waals surface area contributed by atoms with Crippen LogP contribution in [-0.2, 0) is 0 Å². The zero-order valence-corrected chi connectivity index (χ0v) is 11.6. The van der Waals surface area contributed by atoms with Crippen molar-refractivity contribution in [1.82, 2.24) is 0 Å². The number of rotatable bonds is 3. The van der Waals surface area contributed by atoms with Gasteiger partial charge in [-0.15, -0.1) is 0 Å². The van der Waals surface area contributed by atoms with E-state index in [1.165, 1.54) is 12.1 Å². The molecule has 0 aliphatic carbocycles. The molecular weight excluding hydrogens is 224 g/mol. The van der Waals surface area contributed by atoms with Crippen molar-refractivity contribution in [3.05, 3.63) is 18.2 Å². The summed E-state index contributed by atoms with van der Waals surface area (Å²) in [7, 11) is 0. The monoisotopic (exact) mass is 248 g/mol. The molecule has 2 rings (SSSR count). The number of hydrogen-bond acceptors (Lipinski definition) is 3. The van der Waals surface area contributed by atoms with E-state index in [1.807, 2.05) is 13.0 Å². The SMILES string of the molecule is CCOc1cc(N2CCC(C)C(C)C2)ccc1N. The minimum atomic E-state index is 0.654. The number of ether oxygens (including phenoxy) is 1. The Kier molecular flexibility index (Phi) is 4.00. The first kappa shape index (κ1) is 13.1. The number of nitrogens with zero attached hydrogens (tertiary/aromatic N) is 1. The van der Waals surface area contributed by atoms with Gasteiger partial charge in [-0.3, -0.25) is 0 Å². The van der Waals surface area contributed by atoms with Crippen LogP contribution in [0.2, 0.25) is 0 Å². The van der Waals surface area contributed by atoms with Gasteiger partial charge in [-0.2, -0.15) is 0 Å². The van der Waals surface area contributed by atoms with Gasteiger partial charge in [-0.25, -0.2) is 0 Å². The minimum absolute atomic E-state index is 0.654. The molecule has 1 fully saturated rings. The molecule has 3 nitrogen and oxygen atoms in total. The van der Waals surface area contributed by atoms with Gasteiger partial charge in [-0.05, 0) is 37.3 Å². The van der Waals surface area contributed by atoms with Crippen LogP contribution in [0.3, 0.4) is 0 Å². The number of hydrogen-bond donors (Lipinski definition) is 1. The summed E-state index contributed by atoms with van der Waals surface area (Å²) in [5.41, 5.74) is 7.86. The lowest BCUT2D eigenvalue weighted by Crippen LogP contribution is -2.38. The summed E-state index contributed by atoms with van der Waals surface area (Å²) >= 11 is 0. The molecule has 0 saturated carbocycles. The summed E-state index contributed by atoms with van der Waals surface area (Å²) < 4.78 is 5.56. The van der Waals surface area contributed by atoms with Crippen LogP contribution in [0.5, 0.6) is 5.75 Å². The van der Waals surface area contributed by atoms with Crippen molar-refractivity contribution >= 4 is 11.4 Å². The highest BCUT2D eigenvalue weighted by atomic mass is 16.5. The molecule has 100 valence electrons. The Morgan fingerprint density at radius 2 is 2.11 bits per heavy atom. The second-order valence-electron chi connectivity index (χ2n) is 5.34. The molecule has 0 aromatic heterocycles. The van der Waals surface area contributed by atoms with Crippen molar-refractivity contribution < 1.29 is 4.74 Å². The molecule has 0 amide bonds. The van der Waals surface area contributed by atoms with Gasteiger partial charge in [0.05, 0.1) is 12.3 Å². The Balaban J connectivity index is 2.15. The molecule has 0 radical (unpaired) electrons. The molecule has 18 heavy (non-hydrogen) atoms. The summed E-state index contributed by atoms with van der Waals surface area (Å²) in [6.45, 7) is 9.56. The van der Waals surface area contributed by atoms with Crippen LogP contribution in [0, 0.1) is 11.8 Å². The zero-order chi connectivity index (χ0) is 13.1. The van der Waals surface area contributed by atoms with E-state index in [-0.39, 0.29) is 0 Å². The highest BCUT2D eigenvalue weighted by Crippen LogP contribution is 2.31. The molecular formula is C15H24N2O. The van der Waals surface area contributed by atoms with Gasteiger partial charge in [-0.1, -0.05) is 13.8 Å². The van der Waals surface area contributed by atoms with Gasteiger partial charge in [0.1, 0.15) is 5.75 Å². The van der Waals surface area contributed by atoms with Crippen LogP contribution in [-0.4, -0.2) is 19.7 Å². The molecule has 1 saturated heterocycles. The van der Waals surface area contributed by atoms with Gasteiger partial charge in [0, 0.05) is 24.8 Å². The first-order chi connectivity index (χ1) is 8.61. The molecule has 2 unspecified atom stereocenters. The third kappa shape index (κ3) is 2.71. The quantitative estimate of drug-likeness (QED) is 0.835. The Bertz CT molecular complexity index is 405. The first-order valence-electron chi connectivity index (χ1n) is 6.89. The van der Waals surface area contributed by atoms with Crippen LogP contribution < -0.4 is 15.4 Å². The van der Waals surface area contributed by atoms with Crippen molar-refractivity contribution in [1.29, 1.82) is 0 Å². The predicted octanol–water partition coefficient (Wildman–Crippen LogP) is 3.15. The number of nitrogen functional groups attached to an aromatic ring is 1. The van der Waals surface area contributed by atoms with E-state index in [9.17, 15) is 0 Å². The molecule has 1 aliphatic heterocycles. The molecule has 0 spiro atoms. The summed E-state index contributed by atoms with van der Waals surface area (Å²) in [5.74, 6) is 2.37. The van der Waals surface area contributed by atoms with Gasteiger partial charge in [0.25, 0.3) is 0 Å². The fraction of sp³-hybridized carbons (Fsp3) is 0.600. The second kappa shape index (κ2) is 5.51. The molecule has 1 aliphatic rings. The van der Waals surface area contributed by atoms with E-state index >= 15 is 0 Å². The van der Waals surface area contributed by atoms with Crippen molar-refractivity contribution in [2.24, 2.45) is 11.8 Å². The number of benzene rings is 1. The summed E-state index contributed by atoms with van der Waals surface area (Å²) in [4.78, 5) is 2.44. The van der Waals surface area contributed by atoms with Gasteiger partial charge >= 0.3 is 0 Å². The summed E-state index contributed by atoms with van der Waals surface area (Å²) in [5, 5.41) is 0. The number of nitrogens with two attached hydrogens (primary N) is 1. The van der Waals surface area contributed by atoms with E-state index in [1.54, 1.807) is 0 Å². The van der Waals surface area contributed by atoms with Crippen LogP contribution in [0.15, 0.2) is 18.2 Å². The lowest BCUT2D eigenvalue weighted by atomic mass is 9.88. The molecule has 0 bridgehead atoms. The van der Waals surface area contributed by atoms with E-state index in [2.05, 4.69) is 30.9 Å². The predicted molar refractivity (Wildman–Crippen MR) is 77.2 cm³/mol. The Morgan fingerprint density at radius 1 is 1.33 bits per heavy atom. The average Bonchev–Trinajstić information content (AvgIpc) is 2.36. The molecule has 2 atom stereocenters. The molecule has 2 N–H and O–H groups in total. The van der Waals surface area contributed by atoms with Gasteiger partial charge in [0.15, 0.2) is 0 Å². The first-order valence-corrected chi connectivity index (χ1v) is 6.89. The Morgan fingerprint density at radius 3 is 2.78 bits per heavy atom. The highest BCUT2D eigenvalue weighted by molar-refractivity contribution is 5.62. The maximum absolute atomic E-state index is 5.91. The zero-order valence-electron chi connectivity index (χ0n) is 11.6. The number of anilines is 2. The molecule has 1 aromatic rings. The van der Waals surface area contributed by atoms with Gasteiger partial charge in [0.2, 0.25) is 0 Å². The average molecular weight is 248 g/mol. The number of piperidine rings is 1. The summed E-state index contributed by atoms with van der Waals surface area (Å²) in [6, 6.07) is 6.12. The van der Waals surface area contributed by atoms with Crippen LogP contribution in [0.25, 0.3) is 0 Å². The van der Waals surface area contributed by atoms with Gasteiger partial charge < -0.3 is 15.4 Å². The van der Waals surface area contributed by atoms with E-state index < -0.39 is 0 Å². The maximum atomic E-state index is 5.91. The fourth-order valence-electron chi connectivity index (χ4n) is 2.50. The van der Waals surface area contributed by atoms with Crippen molar-refractivity contribution in [2.75, 3.05) is 30.3 Å². The lowest BCUT2D eigenvalue weighted by molar-refractivity contribution is 0.322. The second-order valence-corrected chi connectivity index (χ2v) is 5.34. The lowest BCUT2D eigenvalue weighted by Gasteiger charge is -2.37. The molecule has 1 aromatic carbocycles. The standard InChI is InChI=1S/C15H24N2O/c1-4-18-15-9-13(5-6-14(15)16)17-8-7-11(2)12(3)10-17/h5-6,9,11-12H,4,7-8,10,16H2,1-3H3. The van der Waals surface area contributed by atoms with E-state index in [4.69, 9.17) is 10.5 Å². The highest BCUT2D eigenvalue weighted by Gasteiger charge is 2.23. The minimum Gasteiger partial charge on any atom is -0.492 e. The van der Waals surface area contributed by atoms with Crippen LogP contribution >= 0.6 is 0 Å². The topological polar surface area (TPSA) is 38.5 Å². The normalized spacial score (nSPS) is 24.1. The third-order valence-electron chi connectivity index (χ3n) is 4.00. The largest absolute Gasteiger partial charge is 0.492 e. The van der Waals surface area contributed by atoms with Crippen molar-refractivity contribution in [2.45, 2.75) is 27.2 Å². The van der Waals surface area contributed by atoms with Crippen molar-refractivity contribution in [3.8, 4) is 5.75 Å². The fourth-order valence-corrected chi connectivity index (χ4v) is 2.50. The van der Waals surface area contributed by atoms with E-state index in [0.717, 1.165) is 36.4 Å². The Labute approximate surface area is 110 Å². The summed E-state index contributed by atoms with van der Waals surface area (Å²) in [6.07, 6.45) is 1.26. The maximum Gasteiger partial charge on any atom is 0.144 e. The van der Waals surface area contributed by atoms with Crippen molar-refractivity contribution in [3.63, 3.8) is 0 Å². The molecule has 1 heterocycles. The molecule has 3 heteroatoms. The van der Waals surface area contributed by atoms with E-state index in [0.29, 0.717) is 6.61 Å². The van der Waals surface area contributed by atoms with Crippen LogP contribution in [0.1, 0.15) is 27.2 Å². The third-order valence-corrected chi connectivity index (χ3v) is 4.00. The van der Waals surface area contributed by atoms with Crippen LogP contribution in [0.4, 0.5) is 11.4 Å².